The highest BCUT2D eigenvalue weighted by Gasteiger charge is 2.10. The van der Waals surface area contributed by atoms with Crippen LogP contribution in [-0.4, -0.2) is 29.7 Å². The molecule has 0 atom stereocenters. The van der Waals surface area contributed by atoms with Crippen LogP contribution < -0.4 is 5.32 Å². The van der Waals surface area contributed by atoms with E-state index in [4.69, 9.17) is 0 Å². The fourth-order valence-corrected chi connectivity index (χ4v) is 3.09. The van der Waals surface area contributed by atoms with Gasteiger partial charge in [-0.15, -0.1) is 0 Å². The van der Waals surface area contributed by atoms with Gasteiger partial charge in [0.1, 0.15) is 18.5 Å². The topological polar surface area (TPSA) is 112 Å². The second-order valence-electron chi connectivity index (χ2n) is 6.99. The van der Waals surface area contributed by atoms with E-state index in [1.165, 1.54) is 18.5 Å². The quantitative estimate of drug-likeness (QED) is 0.343. The lowest BCUT2D eigenvalue weighted by Gasteiger charge is -2.10. The molecule has 0 aliphatic heterocycles. The molecular weight excluding hydrogens is 394 g/mol. The first kappa shape index (κ1) is 20.1. The van der Waals surface area contributed by atoms with E-state index in [0.29, 0.717) is 24.7 Å². The summed E-state index contributed by atoms with van der Waals surface area (Å²) in [7, 11) is 0. The number of benzene rings is 2. The Balaban J connectivity index is 1.46. The molecule has 2 heterocycles. The molecular formula is C22H21N7O2. The van der Waals surface area contributed by atoms with Gasteiger partial charge in [0.05, 0.1) is 11.5 Å². The minimum Gasteiger partial charge on any atom is -0.366 e. The first-order chi connectivity index (χ1) is 15.1. The molecule has 0 unspecified atom stereocenters. The minimum absolute atomic E-state index is 0.0426. The summed E-state index contributed by atoms with van der Waals surface area (Å²) in [6.07, 6.45) is 3.97. The lowest BCUT2D eigenvalue weighted by Crippen LogP contribution is -2.05. The summed E-state index contributed by atoms with van der Waals surface area (Å²) < 4.78 is 1.78. The molecule has 156 valence electrons. The van der Waals surface area contributed by atoms with E-state index in [1.807, 2.05) is 13.0 Å². The fraction of sp³-hybridized carbons (Fsp3) is 0.182. The molecule has 0 spiro atoms. The van der Waals surface area contributed by atoms with Crippen LogP contribution in [-0.2, 0) is 19.5 Å². The van der Waals surface area contributed by atoms with Crippen LogP contribution in [0.25, 0.3) is 11.4 Å². The molecule has 0 aliphatic carbocycles. The zero-order valence-electron chi connectivity index (χ0n) is 17.0. The Hall–Kier alpha value is -4.14. The van der Waals surface area contributed by atoms with Crippen molar-refractivity contribution in [1.82, 2.24) is 24.7 Å². The van der Waals surface area contributed by atoms with Gasteiger partial charge in [0.25, 0.3) is 5.69 Å². The van der Waals surface area contributed by atoms with Crippen LogP contribution in [0.3, 0.4) is 0 Å². The number of nitro benzene ring substituents is 1. The number of hydrogen-bond donors (Lipinski definition) is 1. The molecule has 2 aromatic heterocycles. The van der Waals surface area contributed by atoms with Gasteiger partial charge in [0.15, 0.2) is 5.82 Å². The van der Waals surface area contributed by atoms with Crippen LogP contribution in [0.1, 0.15) is 23.7 Å². The molecule has 0 fully saturated rings. The van der Waals surface area contributed by atoms with Crippen molar-refractivity contribution in [2.24, 2.45) is 0 Å². The SMILES string of the molecule is CCc1cc(NCc2ccc(Cn3cncn3)cc2)nc(-c2ccc([N+](=O)[O-])cc2)n1. The molecule has 9 heteroatoms. The number of nitro groups is 1. The van der Waals surface area contributed by atoms with Crippen LogP contribution in [0.2, 0.25) is 0 Å². The van der Waals surface area contributed by atoms with Crippen molar-refractivity contribution < 1.29 is 4.92 Å². The Kier molecular flexibility index (Phi) is 5.93. The standard InChI is InChI=1S/C22H21N7O2/c1-2-19-11-21(27-22(26-19)18-7-9-20(10-8-18)29(30)31)24-12-16-3-5-17(6-4-16)13-28-15-23-14-25-28/h3-11,14-15H,2,12-13H2,1H3,(H,24,26,27). The number of hydrogen-bond acceptors (Lipinski definition) is 7. The molecule has 0 aliphatic rings. The van der Waals surface area contributed by atoms with E-state index < -0.39 is 4.92 Å². The van der Waals surface area contributed by atoms with Crippen LogP contribution in [0, 0.1) is 10.1 Å². The van der Waals surface area contributed by atoms with Gasteiger partial charge >= 0.3 is 0 Å². The first-order valence-corrected chi connectivity index (χ1v) is 9.87. The maximum absolute atomic E-state index is 10.9. The molecule has 4 aromatic rings. The number of non-ortho nitro benzene ring substituents is 1. The van der Waals surface area contributed by atoms with Gasteiger partial charge in [0, 0.05) is 36.0 Å². The molecule has 4 rings (SSSR count). The van der Waals surface area contributed by atoms with Crippen molar-refractivity contribution >= 4 is 11.5 Å². The third kappa shape index (κ3) is 5.08. The lowest BCUT2D eigenvalue weighted by molar-refractivity contribution is -0.384. The number of aryl methyl sites for hydroxylation is 1. The van der Waals surface area contributed by atoms with Gasteiger partial charge in [-0.25, -0.2) is 19.6 Å². The maximum atomic E-state index is 10.9. The number of rotatable bonds is 8. The Bertz CT molecular complexity index is 1160. The highest BCUT2D eigenvalue weighted by atomic mass is 16.6. The Labute approximate surface area is 179 Å². The molecule has 0 saturated heterocycles. The number of aromatic nitrogens is 5. The van der Waals surface area contributed by atoms with Crippen molar-refractivity contribution in [2.75, 3.05) is 5.32 Å². The summed E-state index contributed by atoms with van der Waals surface area (Å²) >= 11 is 0. The maximum Gasteiger partial charge on any atom is 0.269 e. The monoisotopic (exact) mass is 415 g/mol. The number of nitrogens with zero attached hydrogens (tertiary/aromatic N) is 6. The van der Waals surface area contributed by atoms with E-state index >= 15 is 0 Å². The van der Waals surface area contributed by atoms with E-state index in [0.717, 1.165) is 28.8 Å². The van der Waals surface area contributed by atoms with E-state index in [-0.39, 0.29) is 5.69 Å². The highest BCUT2D eigenvalue weighted by Crippen LogP contribution is 2.22. The normalized spacial score (nSPS) is 10.7. The van der Waals surface area contributed by atoms with Gasteiger partial charge in [-0.3, -0.25) is 10.1 Å². The molecule has 0 bridgehead atoms. The largest absolute Gasteiger partial charge is 0.366 e. The summed E-state index contributed by atoms with van der Waals surface area (Å²) in [5.74, 6) is 1.26. The third-order valence-corrected chi connectivity index (χ3v) is 4.79. The van der Waals surface area contributed by atoms with Crippen LogP contribution in [0.5, 0.6) is 0 Å². The first-order valence-electron chi connectivity index (χ1n) is 9.87. The second kappa shape index (κ2) is 9.12. The number of nitrogens with one attached hydrogen (secondary N) is 1. The Morgan fingerprint density at radius 1 is 1.03 bits per heavy atom. The minimum atomic E-state index is -0.419. The second-order valence-corrected chi connectivity index (χ2v) is 6.99. The summed E-state index contributed by atoms with van der Waals surface area (Å²) in [6, 6.07) is 16.5. The number of anilines is 1. The fourth-order valence-electron chi connectivity index (χ4n) is 3.09. The molecule has 0 amide bonds. The van der Waals surface area contributed by atoms with Crippen molar-refractivity contribution in [3.8, 4) is 11.4 Å². The average molecular weight is 415 g/mol. The summed E-state index contributed by atoms with van der Waals surface area (Å²) in [4.78, 5) is 23.6. The van der Waals surface area contributed by atoms with Crippen molar-refractivity contribution in [1.29, 1.82) is 0 Å². The van der Waals surface area contributed by atoms with Gasteiger partial charge in [-0.05, 0) is 29.7 Å². The van der Waals surface area contributed by atoms with Gasteiger partial charge in [0.2, 0.25) is 0 Å². The molecule has 0 radical (unpaired) electrons. The van der Waals surface area contributed by atoms with Gasteiger partial charge in [-0.1, -0.05) is 31.2 Å². The summed E-state index contributed by atoms with van der Waals surface area (Å²) in [5, 5.41) is 18.4. The zero-order chi connectivity index (χ0) is 21.6. The van der Waals surface area contributed by atoms with E-state index in [9.17, 15) is 10.1 Å². The van der Waals surface area contributed by atoms with Crippen LogP contribution >= 0.6 is 0 Å². The Morgan fingerprint density at radius 2 is 1.77 bits per heavy atom. The predicted molar refractivity (Wildman–Crippen MR) is 116 cm³/mol. The van der Waals surface area contributed by atoms with Gasteiger partial charge < -0.3 is 5.32 Å². The molecule has 0 saturated carbocycles. The Morgan fingerprint density at radius 3 is 2.42 bits per heavy atom. The molecule has 1 N–H and O–H groups in total. The molecule has 9 nitrogen and oxygen atoms in total. The highest BCUT2D eigenvalue weighted by molar-refractivity contribution is 5.59. The average Bonchev–Trinajstić information content (AvgIpc) is 3.31. The third-order valence-electron chi connectivity index (χ3n) is 4.79. The summed E-state index contributed by atoms with van der Waals surface area (Å²) in [5.41, 5.74) is 3.94. The predicted octanol–water partition coefficient (Wildman–Crippen LogP) is 3.87. The van der Waals surface area contributed by atoms with Crippen molar-refractivity contribution in [2.45, 2.75) is 26.4 Å². The smallest absolute Gasteiger partial charge is 0.269 e. The van der Waals surface area contributed by atoms with E-state index in [1.54, 1.807) is 23.1 Å². The zero-order valence-corrected chi connectivity index (χ0v) is 17.0. The van der Waals surface area contributed by atoms with Gasteiger partial charge in [-0.2, -0.15) is 5.10 Å². The summed E-state index contributed by atoms with van der Waals surface area (Å²) in [6.45, 7) is 3.32. The molecule has 31 heavy (non-hydrogen) atoms. The van der Waals surface area contributed by atoms with Crippen LogP contribution in [0.4, 0.5) is 11.5 Å². The lowest BCUT2D eigenvalue weighted by atomic mass is 10.1. The van der Waals surface area contributed by atoms with Crippen molar-refractivity contribution in [3.63, 3.8) is 0 Å². The van der Waals surface area contributed by atoms with Crippen molar-refractivity contribution in [3.05, 3.63) is 94.2 Å². The van der Waals surface area contributed by atoms with E-state index in [2.05, 4.69) is 49.6 Å². The molecule has 2 aromatic carbocycles. The van der Waals surface area contributed by atoms with Crippen LogP contribution in [0.15, 0.2) is 67.3 Å².